The molecule has 0 fully saturated rings. The van der Waals surface area contributed by atoms with Crippen molar-refractivity contribution in [3.05, 3.63) is 58.7 Å². The number of fused-ring (bicyclic) bond motifs is 2. The lowest BCUT2D eigenvalue weighted by Gasteiger charge is -2.07. The van der Waals surface area contributed by atoms with Crippen molar-refractivity contribution in [3.8, 4) is 11.5 Å². The molecule has 2 atom stereocenters. The Morgan fingerprint density at radius 3 is 2.22 bits per heavy atom. The lowest BCUT2D eigenvalue weighted by atomic mass is 9.95. The highest BCUT2D eigenvalue weighted by atomic mass is 16.5. The van der Waals surface area contributed by atoms with Crippen LogP contribution in [0.25, 0.3) is 0 Å². The molecule has 4 nitrogen and oxygen atoms in total. The Bertz CT molecular complexity index is 755. The van der Waals surface area contributed by atoms with Gasteiger partial charge in [-0.15, -0.1) is 0 Å². The van der Waals surface area contributed by atoms with Crippen molar-refractivity contribution in [2.45, 2.75) is 18.3 Å². The normalized spacial score (nSPS) is 23.0. The summed E-state index contributed by atoms with van der Waals surface area (Å²) < 4.78 is 11.0. The molecule has 2 aromatic rings. The highest BCUT2D eigenvalue weighted by molar-refractivity contribution is 5.73. The van der Waals surface area contributed by atoms with Crippen molar-refractivity contribution in [1.29, 1.82) is 0 Å². The van der Waals surface area contributed by atoms with Gasteiger partial charge < -0.3 is 19.7 Å². The third-order valence-corrected chi connectivity index (χ3v) is 4.94. The van der Waals surface area contributed by atoms with E-state index in [0.29, 0.717) is 19.1 Å². The fourth-order valence-corrected chi connectivity index (χ4v) is 3.71. The van der Waals surface area contributed by atoms with E-state index in [9.17, 15) is 0 Å². The zero-order valence-corrected chi connectivity index (χ0v) is 13.1. The number of hydrogen-bond acceptors (Lipinski definition) is 4. The molecule has 2 aliphatic carbocycles. The fourth-order valence-electron chi connectivity index (χ4n) is 3.71. The first-order chi connectivity index (χ1) is 11.2. The molecule has 0 heterocycles. The van der Waals surface area contributed by atoms with Gasteiger partial charge in [0.1, 0.15) is 24.7 Å². The van der Waals surface area contributed by atoms with Gasteiger partial charge in [0.25, 0.3) is 0 Å². The van der Waals surface area contributed by atoms with Crippen molar-refractivity contribution < 1.29 is 19.7 Å². The predicted octanol–water partition coefficient (Wildman–Crippen LogP) is 2.19. The zero-order chi connectivity index (χ0) is 16.0. The Kier molecular flexibility index (Phi) is 3.32. The molecule has 0 saturated carbocycles. The Morgan fingerprint density at radius 1 is 0.870 bits per heavy atom. The van der Waals surface area contributed by atoms with Crippen LogP contribution in [0, 0.1) is 0 Å². The second-order valence-corrected chi connectivity index (χ2v) is 6.28. The van der Waals surface area contributed by atoms with Gasteiger partial charge in [0.05, 0.1) is 13.2 Å². The highest BCUT2D eigenvalue weighted by Crippen LogP contribution is 2.67. The van der Waals surface area contributed by atoms with Gasteiger partial charge in [-0.2, -0.15) is 0 Å². The zero-order valence-electron chi connectivity index (χ0n) is 13.1. The van der Waals surface area contributed by atoms with E-state index < -0.39 is 0 Å². The van der Waals surface area contributed by atoms with Crippen LogP contribution in [0.1, 0.15) is 35.1 Å². The fraction of sp³-hybridized carbons (Fsp3) is 0.368. The monoisotopic (exact) mass is 312 g/mol. The second-order valence-electron chi connectivity index (χ2n) is 6.28. The van der Waals surface area contributed by atoms with Crippen molar-refractivity contribution in [3.63, 3.8) is 0 Å². The van der Waals surface area contributed by atoms with E-state index in [0.717, 1.165) is 11.5 Å². The van der Waals surface area contributed by atoms with Crippen LogP contribution in [0.3, 0.4) is 0 Å². The van der Waals surface area contributed by atoms with Gasteiger partial charge in [-0.3, -0.25) is 0 Å². The van der Waals surface area contributed by atoms with Crippen LogP contribution in [0.4, 0.5) is 0 Å². The minimum Gasteiger partial charge on any atom is -0.491 e. The molecular weight excluding hydrogens is 292 g/mol. The average Bonchev–Trinajstić information content (AvgIpc) is 3.44. The number of aliphatic hydroxyl groups excluding tert-OH is 2. The first-order valence-electron chi connectivity index (χ1n) is 7.96. The maximum Gasteiger partial charge on any atom is 0.119 e. The molecule has 2 aliphatic rings. The van der Waals surface area contributed by atoms with E-state index in [1.165, 1.54) is 22.3 Å². The van der Waals surface area contributed by atoms with Gasteiger partial charge in [0.15, 0.2) is 0 Å². The van der Waals surface area contributed by atoms with Gasteiger partial charge in [-0.1, -0.05) is 19.1 Å². The van der Waals surface area contributed by atoms with Gasteiger partial charge in [-0.05, 0) is 46.5 Å². The lowest BCUT2D eigenvalue weighted by molar-refractivity contribution is 0.201. The molecule has 0 bridgehead atoms. The molecular formula is C19H20O4. The van der Waals surface area contributed by atoms with Crippen LogP contribution in [-0.2, 0) is 5.41 Å². The molecule has 2 aromatic carbocycles. The molecule has 2 N–H and O–H groups in total. The SMILES string of the molecule is CC1(C2c3ccc(OCCO)cc32)c2ccc(OCCO)cc21. The van der Waals surface area contributed by atoms with Crippen molar-refractivity contribution in [1.82, 2.24) is 0 Å². The van der Waals surface area contributed by atoms with Crippen LogP contribution in [0.2, 0.25) is 0 Å². The summed E-state index contributed by atoms with van der Waals surface area (Å²) >= 11 is 0. The van der Waals surface area contributed by atoms with Crippen molar-refractivity contribution in [2.75, 3.05) is 26.4 Å². The maximum absolute atomic E-state index is 8.86. The van der Waals surface area contributed by atoms with E-state index in [1.807, 2.05) is 12.1 Å². The van der Waals surface area contributed by atoms with Gasteiger partial charge >= 0.3 is 0 Å². The first kappa shape index (κ1) is 14.5. The summed E-state index contributed by atoms with van der Waals surface area (Å²) in [6.45, 7) is 2.98. The summed E-state index contributed by atoms with van der Waals surface area (Å²) in [5, 5.41) is 17.7. The van der Waals surface area contributed by atoms with Gasteiger partial charge in [0, 0.05) is 11.3 Å². The first-order valence-corrected chi connectivity index (χ1v) is 7.96. The molecule has 0 spiro atoms. The second kappa shape index (κ2) is 5.25. The number of ether oxygens (including phenoxy) is 2. The summed E-state index contributed by atoms with van der Waals surface area (Å²) in [5.74, 6) is 2.05. The number of hydrogen-bond donors (Lipinski definition) is 2. The van der Waals surface area contributed by atoms with Crippen LogP contribution < -0.4 is 9.47 Å². The van der Waals surface area contributed by atoms with Crippen LogP contribution in [0.15, 0.2) is 36.4 Å². The largest absolute Gasteiger partial charge is 0.491 e. The Hall–Kier alpha value is -2.04. The summed E-state index contributed by atoms with van der Waals surface area (Å²) in [6, 6.07) is 12.4. The smallest absolute Gasteiger partial charge is 0.119 e. The van der Waals surface area contributed by atoms with Crippen LogP contribution >= 0.6 is 0 Å². The van der Waals surface area contributed by atoms with E-state index in [2.05, 4.69) is 31.2 Å². The topological polar surface area (TPSA) is 58.9 Å². The molecule has 4 heteroatoms. The molecule has 0 amide bonds. The summed E-state index contributed by atoms with van der Waals surface area (Å²) in [5.41, 5.74) is 5.45. The molecule has 120 valence electrons. The molecule has 4 rings (SSSR count). The quantitative estimate of drug-likeness (QED) is 0.823. The molecule has 2 unspecified atom stereocenters. The number of rotatable bonds is 7. The molecule has 23 heavy (non-hydrogen) atoms. The summed E-state index contributed by atoms with van der Waals surface area (Å²) in [6.07, 6.45) is 0. The van der Waals surface area contributed by atoms with Crippen molar-refractivity contribution >= 4 is 0 Å². The van der Waals surface area contributed by atoms with Crippen LogP contribution in [-0.4, -0.2) is 36.6 Å². The van der Waals surface area contributed by atoms with Gasteiger partial charge in [0.2, 0.25) is 0 Å². The maximum atomic E-state index is 8.86. The summed E-state index contributed by atoms with van der Waals surface area (Å²) in [7, 11) is 0. The Labute approximate surface area is 135 Å². The van der Waals surface area contributed by atoms with Crippen LogP contribution in [0.5, 0.6) is 11.5 Å². The Balaban J connectivity index is 1.52. The molecule has 0 saturated heterocycles. The van der Waals surface area contributed by atoms with Gasteiger partial charge in [-0.25, -0.2) is 0 Å². The third kappa shape index (κ3) is 2.21. The highest BCUT2D eigenvalue weighted by Gasteiger charge is 2.59. The Morgan fingerprint density at radius 2 is 1.52 bits per heavy atom. The minimum atomic E-state index is 0.0268. The molecule has 0 aliphatic heterocycles. The van der Waals surface area contributed by atoms with E-state index in [1.54, 1.807) is 0 Å². The number of benzene rings is 2. The minimum absolute atomic E-state index is 0.0268. The third-order valence-electron chi connectivity index (χ3n) is 4.94. The van der Waals surface area contributed by atoms with E-state index in [4.69, 9.17) is 19.7 Å². The lowest BCUT2D eigenvalue weighted by Crippen LogP contribution is -2.04. The molecule has 0 aromatic heterocycles. The van der Waals surface area contributed by atoms with E-state index >= 15 is 0 Å². The average molecular weight is 312 g/mol. The number of aliphatic hydroxyl groups is 2. The van der Waals surface area contributed by atoms with E-state index in [-0.39, 0.29) is 18.6 Å². The van der Waals surface area contributed by atoms with Crippen molar-refractivity contribution in [2.24, 2.45) is 0 Å². The summed E-state index contributed by atoms with van der Waals surface area (Å²) in [4.78, 5) is 0. The predicted molar refractivity (Wildman–Crippen MR) is 86.3 cm³/mol. The molecule has 0 radical (unpaired) electrons. The standard InChI is InChI=1S/C19H20O4/c1-19(16-5-3-13(11-17(16)19)23-9-7-21)18-14-4-2-12(10-15(14)18)22-8-6-20/h2-5,10-11,18,20-21H,6-9H2,1H3.